The van der Waals surface area contributed by atoms with Gasteiger partial charge < -0.3 is 14.8 Å². The van der Waals surface area contributed by atoms with Gasteiger partial charge in [0.05, 0.1) is 17.6 Å². The number of esters is 1. The van der Waals surface area contributed by atoms with Gasteiger partial charge in [0.1, 0.15) is 5.75 Å². The normalized spacial score (nSPS) is 11.8. The number of ether oxygens (including phenoxy) is 2. The molecule has 2 N–H and O–H groups in total. The Hall–Kier alpha value is -3.99. The van der Waals surface area contributed by atoms with Gasteiger partial charge in [-0.05, 0) is 61.5 Å². The Morgan fingerprint density at radius 1 is 0.969 bits per heavy atom. The number of methoxy groups -OCH3 is 1. The summed E-state index contributed by atoms with van der Waals surface area (Å²) in [6, 6.07) is 13.3. The van der Waals surface area contributed by atoms with Gasteiger partial charge in [-0.3, -0.25) is 4.79 Å². The smallest absolute Gasteiger partial charge is 0.338 e. The lowest BCUT2D eigenvalue weighted by molar-refractivity contribution is -0.123. The summed E-state index contributed by atoms with van der Waals surface area (Å²) in [7, 11) is -2.38. The van der Waals surface area contributed by atoms with Gasteiger partial charge >= 0.3 is 5.97 Å². The van der Waals surface area contributed by atoms with Crippen LogP contribution in [0.25, 0.3) is 0 Å². The van der Waals surface area contributed by atoms with E-state index < -0.39 is 28.0 Å². The molecular formula is C21H20N4O6S. The lowest BCUT2D eigenvalue weighted by Crippen LogP contribution is -2.30. The van der Waals surface area contributed by atoms with Crippen molar-refractivity contribution in [3.63, 3.8) is 0 Å². The summed E-state index contributed by atoms with van der Waals surface area (Å²) in [6.45, 7) is 1.43. The van der Waals surface area contributed by atoms with Crippen LogP contribution in [0.4, 0.5) is 11.6 Å². The van der Waals surface area contributed by atoms with Gasteiger partial charge in [-0.15, -0.1) is 0 Å². The molecule has 32 heavy (non-hydrogen) atoms. The molecule has 166 valence electrons. The minimum absolute atomic E-state index is 0.0399. The number of nitrogens with zero attached hydrogens (tertiary/aromatic N) is 2. The molecule has 11 heteroatoms. The van der Waals surface area contributed by atoms with Crippen molar-refractivity contribution in [1.29, 1.82) is 0 Å². The number of rotatable bonds is 8. The predicted molar refractivity (Wildman–Crippen MR) is 116 cm³/mol. The molecule has 0 bridgehead atoms. The van der Waals surface area contributed by atoms with Crippen LogP contribution in [0, 0.1) is 0 Å². The fraction of sp³-hybridized carbons (Fsp3) is 0.143. The molecule has 10 nitrogen and oxygen atoms in total. The highest BCUT2D eigenvalue weighted by Crippen LogP contribution is 2.17. The number of hydrogen-bond acceptors (Lipinski definition) is 8. The van der Waals surface area contributed by atoms with Crippen molar-refractivity contribution < 1.29 is 27.5 Å². The molecule has 3 rings (SSSR count). The molecule has 1 amide bonds. The van der Waals surface area contributed by atoms with E-state index >= 15 is 0 Å². The number of carbonyl (C=O) groups is 2. The predicted octanol–water partition coefficient (Wildman–Crippen LogP) is 2.47. The van der Waals surface area contributed by atoms with Gasteiger partial charge in [0, 0.05) is 18.1 Å². The Kier molecular flexibility index (Phi) is 7.00. The summed E-state index contributed by atoms with van der Waals surface area (Å²) in [4.78, 5) is 32.1. The Labute approximate surface area is 184 Å². The third kappa shape index (κ3) is 5.79. The van der Waals surface area contributed by atoms with Gasteiger partial charge in [-0.1, -0.05) is 0 Å². The minimum Gasteiger partial charge on any atom is -0.497 e. The van der Waals surface area contributed by atoms with Gasteiger partial charge in [0.25, 0.3) is 15.9 Å². The topological polar surface area (TPSA) is 137 Å². The second kappa shape index (κ2) is 9.88. The lowest BCUT2D eigenvalue weighted by atomic mass is 10.2. The van der Waals surface area contributed by atoms with Crippen molar-refractivity contribution in [2.24, 2.45) is 0 Å². The van der Waals surface area contributed by atoms with Crippen molar-refractivity contribution in [3.05, 3.63) is 72.6 Å². The molecule has 0 aliphatic rings. The number of benzene rings is 2. The number of aromatic nitrogens is 2. The third-order valence-corrected chi connectivity index (χ3v) is 5.55. The summed E-state index contributed by atoms with van der Waals surface area (Å²) in [5.74, 6) is -0.703. The Morgan fingerprint density at radius 2 is 1.59 bits per heavy atom. The summed E-state index contributed by atoms with van der Waals surface area (Å²) in [5, 5.41) is 2.57. The summed E-state index contributed by atoms with van der Waals surface area (Å²) < 4.78 is 37.3. The Bertz CT molecular complexity index is 1180. The van der Waals surface area contributed by atoms with E-state index in [0.29, 0.717) is 11.4 Å². The van der Waals surface area contributed by atoms with E-state index in [2.05, 4.69) is 20.0 Å². The van der Waals surface area contributed by atoms with Gasteiger partial charge in [0.15, 0.2) is 6.10 Å². The minimum atomic E-state index is -3.89. The highest BCUT2D eigenvalue weighted by Gasteiger charge is 2.20. The van der Waals surface area contributed by atoms with Gasteiger partial charge in [0.2, 0.25) is 5.95 Å². The highest BCUT2D eigenvalue weighted by molar-refractivity contribution is 7.92. The van der Waals surface area contributed by atoms with E-state index in [0.717, 1.165) is 0 Å². The molecule has 0 spiro atoms. The van der Waals surface area contributed by atoms with Crippen molar-refractivity contribution in [2.45, 2.75) is 17.9 Å². The van der Waals surface area contributed by atoms with Crippen molar-refractivity contribution in [3.8, 4) is 5.75 Å². The summed E-state index contributed by atoms with van der Waals surface area (Å²) >= 11 is 0. The highest BCUT2D eigenvalue weighted by atomic mass is 32.2. The standard InChI is InChI=1S/C21H20N4O6S/c1-14(31-20(27)15-4-8-17(30-2)9-5-15)19(26)24-16-6-10-18(11-7-16)32(28,29)25-21-22-12-3-13-23-21/h3-14H,1-2H3,(H,24,26)(H,22,23,25). The van der Waals surface area contributed by atoms with Gasteiger partial charge in [-0.2, -0.15) is 0 Å². The molecular weight excluding hydrogens is 436 g/mol. The molecule has 0 fully saturated rings. The van der Waals surface area contributed by atoms with Crippen LogP contribution in [-0.2, 0) is 19.6 Å². The van der Waals surface area contributed by atoms with Crippen molar-refractivity contribution in [1.82, 2.24) is 9.97 Å². The summed E-state index contributed by atoms with van der Waals surface area (Å²) in [5.41, 5.74) is 0.604. The van der Waals surface area contributed by atoms with Crippen LogP contribution in [0.2, 0.25) is 0 Å². The third-order valence-electron chi connectivity index (χ3n) is 4.20. The quantitative estimate of drug-likeness (QED) is 0.493. The van der Waals surface area contributed by atoms with Crippen LogP contribution in [0.1, 0.15) is 17.3 Å². The first-order valence-electron chi connectivity index (χ1n) is 9.34. The molecule has 3 aromatic rings. The van der Waals surface area contributed by atoms with Crippen LogP contribution in [0.15, 0.2) is 71.9 Å². The average molecular weight is 456 g/mol. The molecule has 0 saturated carbocycles. The zero-order chi connectivity index (χ0) is 23.1. The van der Waals surface area contributed by atoms with E-state index in [-0.39, 0.29) is 16.4 Å². The zero-order valence-corrected chi connectivity index (χ0v) is 18.0. The maximum Gasteiger partial charge on any atom is 0.338 e. The molecule has 0 saturated heterocycles. The summed E-state index contributed by atoms with van der Waals surface area (Å²) in [6.07, 6.45) is 1.74. The first-order valence-corrected chi connectivity index (χ1v) is 10.8. The first kappa shape index (κ1) is 22.7. The number of nitrogens with one attached hydrogen (secondary N) is 2. The van der Waals surface area contributed by atoms with Crippen LogP contribution >= 0.6 is 0 Å². The van der Waals surface area contributed by atoms with Gasteiger partial charge in [-0.25, -0.2) is 27.9 Å². The van der Waals surface area contributed by atoms with E-state index in [1.165, 1.54) is 62.8 Å². The second-order valence-corrected chi connectivity index (χ2v) is 8.15. The van der Waals surface area contributed by atoms with E-state index in [9.17, 15) is 18.0 Å². The number of amides is 1. The number of anilines is 2. The number of sulfonamides is 1. The van der Waals surface area contributed by atoms with Crippen molar-refractivity contribution >= 4 is 33.5 Å². The fourth-order valence-corrected chi connectivity index (χ4v) is 3.46. The molecule has 1 heterocycles. The Balaban J connectivity index is 1.59. The molecule has 0 aliphatic carbocycles. The van der Waals surface area contributed by atoms with E-state index in [1.54, 1.807) is 18.2 Å². The molecule has 1 atom stereocenters. The largest absolute Gasteiger partial charge is 0.497 e. The molecule has 2 aromatic carbocycles. The van der Waals surface area contributed by atoms with Crippen LogP contribution in [0.5, 0.6) is 5.75 Å². The van der Waals surface area contributed by atoms with E-state index in [1.807, 2.05) is 0 Å². The molecule has 0 aliphatic heterocycles. The van der Waals surface area contributed by atoms with Crippen LogP contribution in [0.3, 0.4) is 0 Å². The molecule has 0 radical (unpaired) electrons. The first-order chi connectivity index (χ1) is 15.3. The molecule has 1 unspecified atom stereocenters. The number of hydrogen-bond donors (Lipinski definition) is 2. The van der Waals surface area contributed by atoms with Crippen LogP contribution in [-0.4, -0.2) is 43.5 Å². The maximum absolute atomic E-state index is 12.4. The Morgan fingerprint density at radius 3 is 2.19 bits per heavy atom. The maximum atomic E-state index is 12.4. The molecule has 1 aromatic heterocycles. The zero-order valence-electron chi connectivity index (χ0n) is 17.2. The fourth-order valence-electron chi connectivity index (χ4n) is 2.50. The van der Waals surface area contributed by atoms with Crippen molar-refractivity contribution in [2.75, 3.05) is 17.1 Å². The average Bonchev–Trinajstić information content (AvgIpc) is 2.79. The lowest BCUT2D eigenvalue weighted by Gasteiger charge is -2.14. The monoisotopic (exact) mass is 456 g/mol. The van der Waals surface area contributed by atoms with E-state index in [4.69, 9.17) is 9.47 Å². The van der Waals surface area contributed by atoms with Crippen LogP contribution < -0.4 is 14.8 Å². The number of carbonyl (C=O) groups excluding carboxylic acids is 2. The SMILES string of the molecule is COc1ccc(C(=O)OC(C)C(=O)Nc2ccc(S(=O)(=O)Nc3ncccn3)cc2)cc1. The second-order valence-electron chi connectivity index (χ2n) is 6.47.